The number of hydrogen-bond acceptors (Lipinski definition) is 7. The van der Waals surface area contributed by atoms with Crippen LogP contribution in [0.3, 0.4) is 0 Å². The van der Waals surface area contributed by atoms with Gasteiger partial charge in [0.15, 0.2) is 11.5 Å². The zero-order chi connectivity index (χ0) is 22.1. The maximum Gasteiger partial charge on any atom is 0.322 e. The quantitative estimate of drug-likeness (QED) is 0.624. The highest BCUT2D eigenvalue weighted by Crippen LogP contribution is 2.37. The second kappa shape index (κ2) is 8.46. The molecule has 3 aromatic rings. The van der Waals surface area contributed by atoms with Gasteiger partial charge in [-0.25, -0.2) is 4.79 Å². The molecule has 10 heteroatoms. The Labute approximate surface area is 188 Å². The Kier molecular flexibility index (Phi) is 5.36. The van der Waals surface area contributed by atoms with Crippen LogP contribution in [0.5, 0.6) is 11.5 Å². The molecule has 2 aliphatic rings. The van der Waals surface area contributed by atoms with Gasteiger partial charge >= 0.3 is 6.03 Å². The van der Waals surface area contributed by atoms with Gasteiger partial charge < -0.3 is 19.7 Å². The van der Waals surface area contributed by atoms with Crippen LogP contribution in [0.4, 0.5) is 15.6 Å². The summed E-state index contributed by atoms with van der Waals surface area (Å²) in [4.78, 5) is 27.2. The van der Waals surface area contributed by atoms with Gasteiger partial charge in [0.25, 0.3) is 0 Å². The molecule has 2 N–H and O–H groups in total. The lowest BCUT2D eigenvalue weighted by Crippen LogP contribution is -2.45. The van der Waals surface area contributed by atoms with Gasteiger partial charge in [0.1, 0.15) is 11.0 Å². The predicted octanol–water partition coefficient (Wildman–Crippen LogP) is 3.88. The van der Waals surface area contributed by atoms with E-state index in [4.69, 9.17) is 9.47 Å². The zero-order valence-corrected chi connectivity index (χ0v) is 18.1. The maximum atomic E-state index is 12.9. The molecule has 0 radical (unpaired) electrons. The molecule has 9 nitrogen and oxygen atoms in total. The first-order valence-corrected chi connectivity index (χ1v) is 11.1. The standard InChI is InChI=1S/C22H21N5O4S/c1-13-4-7-15(8-5-13)23-22(29)27-10-2-3-16(27)19(28)24-21-26-25-20(32-21)14-6-9-17-18(11-14)31-12-30-17/h4-9,11,16H,2-3,10,12H2,1H3,(H,23,29)(H,24,26,28)/t16-/m0/s1. The summed E-state index contributed by atoms with van der Waals surface area (Å²) in [6.45, 7) is 2.71. The lowest BCUT2D eigenvalue weighted by molar-refractivity contribution is -0.119. The van der Waals surface area contributed by atoms with Crippen LogP contribution in [0.15, 0.2) is 42.5 Å². The van der Waals surface area contributed by atoms with E-state index in [9.17, 15) is 9.59 Å². The Bertz CT molecular complexity index is 1160. The average Bonchev–Trinajstić information content (AvgIpc) is 3.55. The minimum absolute atomic E-state index is 0.200. The van der Waals surface area contributed by atoms with Gasteiger partial charge in [-0.05, 0) is 50.1 Å². The molecule has 3 amide bonds. The monoisotopic (exact) mass is 451 g/mol. The highest BCUT2D eigenvalue weighted by molar-refractivity contribution is 7.18. The maximum absolute atomic E-state index is 12.9. The van der Waals surface area contributed by atoms with Crippen LogP contribution < -0.4 is 20.1 Å². The predicted molar refractivity (Wildman–Crippen MR) is 120 cm³/mol. The molecule has 164 valence electrons. The lowest BCUT2D eigenvalue weighted by atomic mass is 10.2. The minimum atomic E-state index is -0.557. The van der Waals surface area contributed by atoms with Gasteiger partial charge in [-0.2, -0.15) is 0 Å². The number of amides is 3. The number of hydrogen-bond donors (Lipinski definition) is 2. The molecule has 32 heavy (non-hydrogen) atoms. The molecular formula is C22H21N5O4S. The lowest BCUT2D eigenvalue weighted by Gasteiger charge is -2.23. The van der Waals surface area contributed by atoms with Crippen LogP contribution in [0.25, 0.3) is 10.6 Å². The topological polar surface area (TPSA) is 106 Å². The van der Waals surface area contributed by atoms with Crippen molar-refractivity contribution in [2.75, 3.05) is 24.0 Å². The van der Waals surface area contributed by atoms with Crippen LogP contribution >= 0.6 is 11.3 Å². The van der Waals surface area contributed by atoms with Crippen molar-refractivity contribution in [1.29, 1.82) is 0 Å². The molecule has 2 aromatic carbocycles. The number of fused-ring (bicyclic) bond motifs is 1. The molecule has 1 saturated heterocycles. The van der Waals surface area contributed by atoms with Crippen molar-refractivity contribution >= 4 is 34.1 Å². The van der Waals surface area contributed by atoms with E-state index in [0.717, 1.165) is 17.5 Å². The summed E-state index contributed by atoms with van der Waals surface area (Å²) >= 11 is 1.26. The van der Waals surface area contributed by atoms with Crippen molar-refractivity contribution in [1.82, 2.24) is 15.1 Å². The number of nitrogens with one attached hydrogen (secondary N) is 2. The largest absolute Gasteiger partial charge is 0.454 e. The molecule has 3 heterocycles. The highest BCUT2D eigenvalue weighted by Gasteiger charge is 2.34. The number of aromatic nitrogens is 2. The van der Waals surface area contributed by atoms with Gasteiger partial charge in [0.05, 0.1) is 0 Å². The number of nitrogens with zero attached hydrogens (tertiary/aromatic N) is 3. The highest BCUT2D eigenvalue weighted by atomic mass is 32.1. The molecule has 5 rings (SSSR count). The van der Waals surface area contributed by atoms with E-state index < -0.39 is 6.04 Å². The van der Waals surface area contributed by atoms with Crippen LogP contribution in [-0.2, 0) is 4.79 Å². The van der Waals surface area contributed by atoms with E-state index in [-0.39, 0.29) is 18.7 Å². The van der Waals surface area contributed by atoms with Crippen LogP contribution in [-0.4, -0.2) is 46.4 Å². The number of ether oxygens (including phenoxy) is 2. The van der Waals surface area contributed by atoms with Crippen LogP contribution in [0.1, 0.15) is 18.4 Å². The summed E-state index contributed by atoms with van der Waals surface area (Å²) in [7, 11) is 0. The number of carbonyl (C=O) groups is 2. The Morgan fingerprint density at radius 1 is 1.06 bits per heavy atom. The summed E-state index contributed by atoms with van der Waals surface area (Å²) in [5.41, 5.74) is 2.63. The molecule has 1 aromatic heterocycles. The number of urea groups is 1. The molecule has 1 atom stereocenters. The first kappa shape index (κ1) is 20.3. The van der Waals surface area contributed by atoms with Crippen molar-refractivity contribution in [3.63, 3.8) is 0 Å². The van der Waals surface area contributed by atoms with Crippen molar-refractivity contribution in [3.05, 3.63) is 48.0 Å². The van der Waals surface area contributed by atoms with Crippen LogP contribution in [0, 0.1) is 6.92 Å². The normalized spacial score (nSPS) is 16.8. The smallest absolute Gasteiger partial charge is 0.322 e. The first-order chi connectivity index (χ1) is 15.6. The second-order valence-electron chi connectivity index (χ2n) is 7.62. The fourth-order valence-corrected chi connectivity index (χ4v) is 4.47. The summed E-state index contributed by atoms with van der Waals surface area (Å²) in [5, 5.41) is 15.0. The zero-order valence-electron chi connectivity index (χ0n) is 17.3. The number of aryl methyl sites for hydroxylation is 1. The van der Waals surface area contributed by atoms with Crippen LogP contribution in [0.2, 0.25) is 0 Å². The summed E-state index contributed by atoms with van der Waals surface area (Å²) < 4.78 is 10.7. The van der Waals surface area contributed by atoms with Crippen molar-refractivity contribution in [3.8, 4) is 22.1 Å². The Morgan fingerprint density at radius 3 is 2.72 bits per heavy atom. The van der Waals surface area contributed by atoms with E-state index in [0.29, 0.717) is 40.3 Å². The van der Waals surface area contributed by atoms with Crippen molar-refractivity contribution < 1.29 is 19.1 Å². The molecule has 0 bridgehead atoms. The van der Waals surface area contributed by atoms with Gasteiger partial charge in [0.2, 0.25) is 17.8 Å². The van der Waals surface area contributed by atoms with E-state index in [1.54, 1.807) is 4.90 Å². The van der Waals surface area contributed by atoms with Crippen molar-refractivity contribution in [2.45, 2.75) is 25.8 Å². The Hall–Kier alpha value is -3.66. The Balaban J connectivity index is 1.24. The minimum Gasteiger partial charge on any atom is -0.454 e. The number of anilines is 2. The Morgan fingerprint density at radius 2 is 1.88 bits per heavy atom. The molecule has 0 unspecified atom stereocenters. The molecule has 2 aliphatic heterocycles. The van der Waals surface area contributed by atoms with Crippen molar-refractivity contribution in [2.24, 2.45) is 0 Å². The number of benzene rings is 2. The van der Waals surface area contributed by atoms with Gasteiger partial charge in [0, 0.05) is 17.8 Å². The number of likely N-dealkylation sites (tertiary alicyclic amines) is 1. The average molecular weight is 452 g/mol. The fourth-order valence-electron chi connectivity index (χ4n) is 3.72. The molecular weight excluding hydrogens is 430 g/mol. The summed E-state index contributed by atoms with van der Waals surface area (Å²) in [6, 6.07) is 12.2. The SMILES string of the molecule is Cc1ccc(NC(=O)N2CCC[C@H]2C(=O)Nc2nnc(-c3ccc4c(c3)OCO4)s2)cc1. The summed E-state index contributed by atoms with van der Waals surface area (Å²) in [6.07, 6.45) is 1.36. The fraction of sp³-hybridized carbons (Fsp3) is 0.273. The number of carbonyl (C=O) groups excluding carboxylic acids is 2. The van der Waals surface area contributed by atoms with E-state index >= 15 is 0 Å². The molecule has 0 spiro atoms. The molecule has 1 fully saturated rings. The van der Waals surface area contributed by atoms with E-state index in [1.807, 2.05) is 49.4 Å². The number of rotatable bonds is 4. The summed E-state index contributed by atoms with van der Waals surface area (Å²) in [5.74, 6) is 1.08. The first-order valence-electron chi connectivity index (χ1n) is 10.3. The van der Waals surface area contributed by atoms with E-state index in [1.165, 1.54) is 11.3 Å². The second-order valence-corrected chi connectivity index (χ2v) is 8.59. The molecule has 0 aliphatic carbocycles. The van der Waals surface area contributed by atoms with Gasteiger partial charge in [-0.15, -0.1) is 10.2 Å². The third kappa shape index (κ3) is 4.09. The van der Waals surface area contributed by atoms with E-state index in [2.05, 4.69) is 20.8 Å². The van der Waals surface area contributed by atoms with Gasteiger partial charge in [-0.1, -0.05) is 29.0 Å². The third-order valence-electron chi connectivity index (χ3n) is 5.39. The van der Waals surface area contributed by atoms with Gasteiger partial charge in [-0.3, -0.25) is 10.1 Å². The molecule has 0 saturated carbocycles. The third-order valence-corrected chi connectivity index (χ3v) is 6.28.